The van der Waals surface area contributed by atoms with E-state index in [1.165, 1.54) is 18.4 Å². The molecule has 0 amide bonds. The summed E-state index contributed by atoms with van der Waals surface area (Å²) in [6, 6.07) is 6.46. The first-order valence-corrected chi connectivity index (χ1v) is 7.46. The first-order valence-electron chi connectivity index (χ1n) is 5.98. The first kappa shape index (κ1) is 14.7. The smallest absolute Gasteiger partial charge is 0.244 e. The molecule has 0 aliphatic heterocycles. The van der Waals surface area contributed by atoms with Gasteiger partial charge in [-0.1, -0.05) is 6.07 Å². The summed E-state index contributed by atoms with van der Waals surface area (Å²) in [6.07, 6.45) is 1.44. The van der Waals surface area contributed by atoms with Gasteiger partial charge in [-0.25, -0.2) is 17.5 Å². The van der Waals surface area contributed by atoms with Gasteiger partial charge in [-0.2, -0.15) is 0 Å². The second-order valence-electron chi connectivity index (χ2n) is 4.33. The molecule has 3 N–H and O–H groups in total. The molecule has 0 aliphatic carbocycles. The van der Waals surface area contributed by atoms with Gasteiger partial charge in [0.15, 0.2) is 0 Å². The fraction of sp³-hybridized carbons (Fsp3) is 0.231. The quantitative estimate of drug-likeness (QED) is 0.883. The normalized spacial score (nSPS) is 13.3. The van der Waals surface area contributed by atoms with Crippen LogP contribution in [-0.4, -0.2) is 8.42 Å². The lowest BCUT2D eigenvalue weighted by Gasteiger charge is -2.13. The topological polar surface area (TPSA) is 85.3 Å². The van der Waals surface area contributed by atoms with Crippen LogP contribution >= 0.6 is 0 Å². The number of sulfonamides is 1. The summed E-state index contributed by atoms with van der Waals surface area (Å²) >= 11 is 0. The standard InChI is InChI=1S/C13H15FN2O3S/c1-9(12-3-2-6-19-12)16-20(17,18)13-7-10(8-15)4-5-11(13)14/h2-7,9,16H,8,15H2,1H3. The van der Waals surface area contributed by atoms with Crippen molar-refractivity contribution in [3.63, 3.8) is 0 Å². The maximum atomic E-state index is 13.7. The minimum atomic E-state index is -3.99. The number of nitrogens with two attached hydrogens (primary N) is 1. The highest BCUT2D eigenvalue weighted by Crippen LogP contribution is 2.20. The molecule has 2 rings (SSSR count). The number of furan rings is 1. The van der Waals surface area contributed by atoms with Gasteiger partial charge >= 0.3 is 0 Å². The van der Waals surface area contributed by atoms with Crippen LogP contribution in [0.5, 0.6) is 0 Å². The Bertz CT molecular complexity index is 684. The van der Waals surface area contributed by atoms with Crippen molar-refractivity contribution in [2.45, 2.75) is 24.4 Å². The van der Waals surface area contributed by atoms with Crippen molar-refractivity contribution in [3.8, 4) is 0 Å². The van der Waals surface area contributed by atoms with Gasteiger partial charge in [-0.05, 0) is 36.8 Å². The van der Waals surface area contributed by atoms with Gasteiger partial charge in [0.05, 0.1) is 12.3 Å². The summed E-state index contributed by atoms with van der Waals surface area (Å²) in [5.74, 6) is -0.370. The van der Waals surface area contributed by atoms with Gasteiger partial charge in [0.2, 0.25) is 10.0 Å². The van der Waals surface area contributed by atoms with Crippen molar-refractivity contribution in [2.75, 3.05) is 0 Å². The van der Waals surface area contributed by atoms with Gasteiger partial charge in [-0.3, -0.25) is 0 Å². The molecule has 2 aromatic rings. The molecule has 1 atom stereocenters. The molecule has 0 radical (unpaired) electrons. The Kier molecular flexibility index (Phi) is 4.22. The molecule has 0 spiro atoms. The Morgan fingerprint density at radius 3 is 2.75 bits per heavy atom. The number of nitrogens with one attached hydrogen (secondary N) is 1. The summed E-state index contributed by atoms with van der Waals surface area (Å²) in [5.41, 5.74) is 5.98. The van der Waals surface area contributed by atoms with Crippen LogP contribution < -0.4 is 10.5 Å². The Hall–Kier alpha value is -1.70. The number of rotatable bonds is 5. The largest absolute Gasteiger partial charge is 0.468 e. The van der Waals surface area contributed by atoms with Crippen molar-refractivity contribution >= 4 is 10.0 Å². The van der Waals surface area contributed by atoms with Crippen LogP contribution in [0.4, 0.5) is 4.39 Å². The summed E-state index contributed by atoms with van der Waals surface area (Å²) in [6.45, 7) is 1.75. The Balaban J connectivity index is 2.31. The average molecular weight is 298 g/mol. The van der Waals surface area contributed by atoms with E-state index < -0.39 is 26.8 Å². The molecule has 20 heavy (non-hydrogen) atoms. The molecule has 0 fully saturated rings. The molecule has 7 heteroatoms. The number of hydrogen-bond donors (Lipinski definition) is 2. The highest BCUT2D eigenvalue weighted by Gasteiger charge is 2.23. The molecule has 1 aromatic carbocycles. The fourth-order valence-electron chi connectivity index (χ4n) is 1.77. The van der Waals surface area contributed by atoms with Crippen molar-refractivity contribution in [3.05, 3.63) is 53.7 Å². The Labute approximate surface area is 116 Å². The lowest BCUT2D eigenvalue weighted by Crippen LogP contribution is -2.27. The van der Waals surface area contributed by atoms with E-state index in [0.717, 1.165) is 6.07 Å². The van der Waals surface area contributed by atoms with E-state index in [1.807, 2.05) is 0 Å². The summed E-state index contributed by atoms with van der Waals surface area (Å²) in [4.78, 5) is -0.418. The van der Waals surface area contributed by atoms with E-state index in [-0.39, 0.29) is 6.54 Å². The van der Waals surface area contributed by atoms with Crippen LogP contribution in [-0.2, 0) is 16.6 Å². The van der Waals surface area contributed by atoms with Gasteiger partial charge < -0.3 is 10.2 Å². The second kappa shape index (κ2) is 5.74. The van der Waals surface area contributed by atoms with Gasteiger partial charge in [0.1, 0.15) is 16.5 Å². The van der Waals surface area contributed by atoms with Crippen LogP contribution in [0.1, 0.15) is 24.3 Å². The molecule has 108 valence electrons. The molecule has 0 saturated heterocycles. The summed E-state index contributed by atoms with van der Waals surface area (Å²) in [5, 5.41) is 0. The summed E-state index contributed by atoms with van der Waals surface area (Å²) < 4.78 is 45.6. The van der Waals surface area contributed by atoms with Crippen LogP contribution in [0.15, 0.2) is 45.9 Å². The Morgan fingerprint density at radius 1 is 1.40 bits per heavy atom. The average Bonchev–Trinajstić information content (AvgIpc) is 2.92. The molecule has 5 nitrogen and oxygen atoms in total. The van der Waals surface area contributed by atoms with Crippen LogP contribution in [0.2, 0.25) is 0 Å². The predicted molar refractivity (Wildman–Crippen MR) is 71.7 cm³/mol. The minimum Gasteiger partial charge on any atom is -0.468 e. The van der Waals surface area contributed by atoms with Crippen molar-refractivity contribution in [1.29, 1.82) is 0 Å². The molecule has 1 heterocycles. The second-order valence-corrected chi connectivity index (χ2v) is 6.01. The molecule has 1 unspecified atom stereocenters. The van der Waals surface area contributed by atoms with Gasteiger partial charge in [0.25, 0.3) is 0 Å². The first-order chi connectivity index (χ1) is 9.44. The third kappa shape index (κ3) is 3.06. The Morgan fingerprint density at radius 2 is 2.15 bits per heavy atom. The zero-order valence-electron chi connectivity index (χ0n) is 10.8. The zero-order valence-corrected chi connectivity index (χ0v) is 11.7. The molecule has 0 saturated carbocycles. The third-order valence-corrected chi connectivity index (χ3v) is 4.38. The van der Waals surface area contributed by atoms with Crippen molar-refractivity contribution in [1.82, 2.24) is 4.72 Å². The lowest BCUT2D eigenvalue weighted by molar-refractivity contribution is 0.458. The molecular formula is C13H15FN2O3S. The fourth-order valence-corrected chi connectivity index (χ4v) is 3.11. The lowest BCUT2D eigenvalue weighted by atomic mass is 10.2. The van der Waals surface area contributed by atoms with E-state index in [9.17, 15) is 12.8 Å². The van der Waals surface area contributed by atoms with E-state index in [0.29, 0.717) is 11.3 Å². The van der Waals surface area contributed by atoms with Crippen molar-refractivity contribution in [2.24, 2.45) is 5.73 Å². The van der Waals surface area contributed by atoms with Crippen LogP contribution in [0.25, 0.3) is 0 Å². The molecule has 0 aliphatic rings. The van der Waals surface area contributed by atoms with E-state index in [4.69, 9.17) is 10.2 Å². The SMILES string of the molecule is CC(NS(=O)(=O)c1cc(CN)ccc1F)c1ccco1. The highest BCUT2D eigenvalue weighted by atomic mass is 32.2. The van der Waals surface area contributed by atoms with E-state index >= 15 is 0 Å². The van der Waals surface area contributed by atoms with E-state index in [1.54, 1.807) is 19.1 Å². The van der Waals surface area contributed by atoms with Crippen molar-refractivity contribution < 1.29 is 17.2 Å². The van der Waals surface area contributed by atoms with Crippen LogP contribution in [0.3, 0.4) is 0 Å². The third-order valence-electron chi connectivity index (χ3n) is 2.82. The maximum absolute atomic E-state index is 13.7. The number of halogens is 1. The van der Waals surface area contributed by atoms with Gasteiger partial charge in [0, 0.05) is 6.54 Å². The summed E-state index contributed by atoms with van der Waals surface area (Å²) in [7, 11) is -3.99. The number of benzene rings is 1. The van der Waals surface area contributed by atoms with E-state index in [2.05, 4.69) is 4.72 Å². The maximum Gasteiger partial charge on any atom is 0.244 e. The van der Waals surface area contributed by atoms with Crippen LogP contribution in [0, 0.1) is 5.82 Å². The molecular weight excluding hydrogens is 283 g/mol. The monoisotopic (exact) mass is 298 g/mol. The molecule has 1 aromatic heterocycles. The highest BCUT2D eigenvalue weighted by molar-refractivity contribution is 7.89. The predicted octanol–water partition coefficient (Wildman–Crippen LogP) is 1.92. The minimum absolute atomic E-state index is 0.135. The van der Waals surface area contributed by atoms with Gasteiger partial charge in [-0.15, -0.1) is 0 Å². The number of hydrogen-bond acceptors (Lipinski definition) is 4. The molecule has 0 bridgehead atoms. The zero-order chi connectivity index (χ0) is 14.8.